The highest BCUT2D eigenvalue weighted by Gasteiger charge is 2.34. The van der Waals surface area contributed by atoms with Crippen molar-refractivity contribution >= 4 is 12.3 Å². The zero-order valence-electron chi connectivity index (χ0n) is 9.07. The van der Waals surface area contributed by atoms with Crippen LogP contribution in [0.25, 0.3) is 0 Å². The van der Waals surface area contributed by atoms with Gasteiger partial charge in [-0.05, 0) is 12.1 Å². The van der Waals surface area contributed by atoms with Crippen molar-refractivity contribution in [2.75, 3.05) is 0 Å². The Hall–Kier alpha value is -2.09. The Balaban J connectivity index is 2.46. The lowest BCUT2D eigenvalue weighted by Crippen LogP contribution is -2.44. The smallest absolute Gasteiger partial charge is 0.370 e. The minimum Gasteiger partial charge on any atom is -0.370 e. The van der Waals surface area contributed by atoms with Gasteiger partial charge >= 0.3 is 6.18 Å². The number of hydrogen-bond acceptors (Lipinski definition) is 5. The molecule has 0 amide bonds. The molecule has 0 spiro atoms. The Bertz CT molecular complexity index is 522. The molecule has 1 atom stereocenters. The van der Waals surface area contributed by atoms with Crippen molar-refractivity contribution < 1.29 is 13.2 Å². The van der Waals surface area contributed by atoms with Gasteiger partial charge in [-0.3, -0.25) is 5.73 Å². The van der Waals surface area contributed by atoms with Gasteiger partial charge in [0.15, 0.2) is 5.96 Å². The second-order valence-electron chi connectivity index (χ2n) is 3.70. The summed E-state index contributed by atoms with van der Waals surface area (Å²) in [5.41, 5.74) is 10.5. The molecule has 1 heterocycles. The minimum absolute atomic E-state index is 0.00934. The fourth-order valence-corrected chi connectivity index (χ4v) is 1.51. The highest BCUT2D eigenvalue weighted by molar-refractivity contribution is 5.90. The quantitative estimate of drug-likeness (QED) is 0.692. The van der Waals surface area contributed by atoms with E-state index in [0.717, 1.165) is 12.1 Å². The van der Waals surface area contributed by atoms with Gasteiger partial charge in [0, 0.05) is 5.56 Å². The van der Waals surface area contributed by atoms with E-state index in [0.29, 0.717) is 0 Å². The molecule has 1 aliphatic rings. The molecule has 18 heavy (non-hydrogen) atoms. The van der Waals surface area contributed by atoms with Crippen LogP contribution < -0.4 is 16.8 Å². The molecule has 8 heteroatoms. The van der Waals surface area contributed by atoms with E-state index in [1.165, 1.54) is 18.5 Å². The Morgan fingerprint density at radius 1 is 1.28 bits per heavy atom. The molecule has 0 bridgehead atoms. The van der Waals surface area contributed by atoms with Crippen LogP contribution in [0.4, 0.5) is 13.2 Å². The lowest BCUT2D eigenvalue weighted by Gasteiger charge is -2.25. The van der Waals surface area contributed by atoms with Gasteiger partial charge in [-0.15, -0.1) is 0 Å². The van der Waals surface area contributed by atoms with Crippen LogP contribution in [0, 0.1) is 0 Å². The number of aliphatic imine (C=N–C) groups is 2. The van der Waals surface area contributed by atoms with Crippen molar-refractivity contribution in [3.05, 3.63) is 35.4 Å². The molecule has 96 valence electrons. The van der Waals surface area contributed by atoms with E-state index in [-0.39, 0.29) is 11.5 Å². The van der Waals surface area contributed by atoms with Gasteiger partial charge in [0.05, 0.1) is 11.9 Å². The molecule has 5 N–H and O–H groups in total. The summed E-state index contributed by atoms with van der Waals surface area (Å²) in [5.74, 6) is -1.64. The van der Waals surface area contributed by atoms with Crippen LogP contribution in [0.3, 0.4) is 0 Å². The molecule has 0 fully saturated rings. The highest BCUT2D eigenvalue weighted by Crippen LogP contribution is 2.32. The number of guanidine groups is 1. The van der Waals surface area contributed by atoms with Crippen LogP contribution in [-0.4, -0.2) is 12.3 Å². The first kappa shape index (κ1) is 12.4. The molecule has 1 aromatic rings. The Morgan fingerprint density at radius 2 is 2.00 bits per heavy atom. The Labute approximate surface area is 100 Å². The summed E-state index contributed by atoms with van der Waals surface area (Å²) in [6.07, 6.45) is -3.25. The number of nitrogens with zero attached hydrogens (tertiary/aromatic N) is 2. The maximum atomic E-state index is 12.6. The molecule has 1 unspecified atom stereocenters. The largest absolute Gasteiger partial charge is 0.416 e. The maximum absolute atomic E-state index is 12.6. The van der Waals surface area contributed by atoms with Crippen LogP contribution in [0.5, 0.6) is 0 Å². The van der Waals surface area contributed by atoms with Gasteiger partial charge in [0.25, 0.3) is 0 Å². The third-order valence-electron chi connectivity index (χ3n) is 2.38. The summed E-state index contributed by atoms with van der Waals surface area (Å²) in [6, 6.07) is 4.51. The number of nitrogens with one attached hydrogen (secondary N) is 1. The number of nitrogens with two attached hydrogens (primary N) is 2. The minimum atomic E-state index is -4.45. The molecule has 1 aliphatic heterocycles. The van der Waals surface area contributed by atoms with Crippen molar-refractivity contribution in [3.8, 4) is 0 Å². The predicted molar refractivity (Wildman–Crippen MR) is 60.6 cm³/mol. The van der Waals surface area contributed by atoms with Gasteiger partial charge in [0.1, 0.15) is 0 Å². The fourth-order valence-electron chi connectivity index (χ4n) is 1.51. The monoisotopic (exact) mass is 257 g/mol. The topological polar surface area (TPSA) is 88.8 Å². The van der Waals surface area contributed by atoms with Gasteiger partial charge in [-0.2, -0.15) is 13.2 Å². The van der Waals surface area contributed by atoms with E-state index in [1.54, 1.807) is 0 Å². The van der Waals surface area contributed by atoms with Crippen LogP contribution in [0.15, 0.2) is 34.3 Å². The van der Waals surface area contributed by atoms with Crippen molar-refractivity contribution in [3.63, 3.8) is 0 Å². The summed E-state index contributed by atoms with van der Waals surface area (Å²) in [6.45, 7) is 0. The predicted octanol–water partition coefficient (Wildman–Crippen LogP) is 0.721. The number of hydrogen-bond donors (Lipinski definition) is 3. The van der Waals surface area contributed by atoms with Crippen molar-refractivity contribution in [2.24, 2.45) is 21.5 Å². The van der Waals surface area contributed by atoms with E-state index in [4.69, 9.17) is 11.5 Å². The van der Waals surface area contributed by atoms with E-state index in [1.807, 2.05) is 0 Å². The number of halogens is 3. The normalized spacial score (nSPS) is 23.4. The zero-order valence-corrected chi connectivity index (χ0v) is 9.07. The fraction of sp³-hybridized carbons (Fsp3) is 0.200. The van der Waals surface area contributed by atoms with Crippen LogP contribution in [0.2, 0.25) is 0 Å². The van der Waals surface area contributed by atoms with E-state index >= 15 is 0 Å². The van der Waals surface area contributed by atoms with Crippen molar-refractivity contribution in [2.45, 2.75) is 12.0 Å². The molecule has 0 aromatic heterocycles. The first-order chi connectivity index (χ1) is 8.31. The van der Waals surface area contributed by atoms with E-state index in [2.05, 4.69) is 15.3 Å². The molecular weight excluding hydrogens is 247 g/mol. The number of alkyl halides is 3. The average molecular weight is 257 g/mol. The third-order valence-corrected chi connectivity index (χ3v) is 2.38. The van der Waals surface area contributed by atoms with E-state index < -0.39 is 17.5 Å². The van der Waals surface area contributed by atoms with Gasteiger partial charge in [-0.1, -0.05) is 12.1 Å². The summed E-state index contributed by atoms with van der Waals surface area (Å²) < 4.78 is 37.8. The third kappa shape index (κ3) is 2.28. The zero-order chi connectivity index (χ0) is 13.4. The number of benzene rings is 1. The van der Waals surface area contributed by atoms with Crippen LogP contribution in [-0.2, 0) is 12.0 Å². The second-order valence-corrected chi connectivity index (χ2v) is 3.70. The first-order valence-corrected chi connectivity index (χ1v) is 4.93. The molecule has 2 rings (SSSR count). The average Bonchev–Trinajstić information content (AvgIpc) is 2.28. The Kier molecular flexibility index (Phi) is 2.74. The molecular formula is C10H10F3N5. The second kappa shape index (κ2) is 3.98. The standard InChI is InChI=1S/C10H10F3N5/c11-9(12,13)6-2-1-3-7(4-6)10(15)17-5-16-8(14)18-10/h1-5H,15H2,(H3,14,16,17,18). The molecule has 1 aromatic carbocycles. The highest BCUT2D eigenvalue weighted by atomic mass is 19.4. The molecule has 0 saturated carbocycles. The molecule has 0 aliphatic carbocycles. The summed E-state index contributed by atoms with van der Waals surface area (Å²) in [4.78, 5) is 7.62. The molecule has 0 radical (unpaired) electrons. The van der Waals surface area contributed by atoms with Crippen molar-refractivity contribution in [1.29, 1.82) is 0 Å². The first-order valence-electron chi connectivity index (χ1n) is 4.93. The lowest BCUT2D eigenvalue weighted by molar-refractivity contribution is -0.137. The SMILES string of the molecule is NC1=NC(N)(c2cccc(C(F)(F)F)c2)N=CN1. The van der Waals surface area contributed by atoms with Crippen LogP contribution >= 0.6 is 0 Å². The van der Waals surface area contributed by atoms with Crippen LogP contribution in [0.1, 0.15) is 11.1 Å². The van der Waals surface area contributed by atoms with Crippen molar-refractivity contribution in [1.82, 2.24) is 5.32 Å². The summed E-state index contributed by atoms with van der Waals surface area (Å²) in [5, 5.41) is 2.49. The number of rotatable bonds is 1. The van der Waals surface area contributed by atoms with E-state index in [9.17, 15) is 13.2 Å². The summed E-state index contributed by atoms with van der Waals surface area (Å²) in [7, 11) is 0. The lowest BCUT2D eigenvalue weighted by atomic mass is 10.1. The van der Waals surface area contributed by atoms with Gasteiger partial charge in [0.2, 0.25) is 5.79 Å². The van der Waals surface area contributed by atoms with Gasteiger partial charge < -0.3 is 11.1 Å². The Morgan fingerprint density at radius 3 is 2.61 bits per heavy atom. The molecule has 5 nitrogen and oxygen atoms in total. The maximum Gasteiger partial charge on any atom is 0.416 e. The summed E-state index contributed by atoms with van der Waals surface area (Å²) >= 11 is 0. The molecule has 0 saturated heterocycles. The van der Waals surface area contributed by atoms with Gasteiger partial charge in [-0.25, -0.2) is 9.98 Å².